The zero-order valence-corrected chi connectivity index (χ0v) is 87.5. The maximum absolute atomic E-state index is 16.2. The molecule has 3 aromatic carbocycles. The van der Waals surface area contributed by atoms with Gasteiger partial charge in [-0.15, -0.1) is 0 Å². The SMILES string of the molecule is CC[C@@H]1[C@@H]2CN(C(=O)[C@H](C(C)(C)C)NC(=O)O[C@]3(C)CCC[C@H]3CCCCC(F)(F)c3cc4ccc(OC)cc4nc3O2)[C@@H]1[C-]=O.COc1ccc2cc3c(nc2c1)O[C@H]1CN(C(=O)[C@H](C(C)(C)C)NC(=O)O[C@]2(C)CC4CC4[C@H]2CCCCC3(F)F)[C@H]([C-]=O)[C@@H]1C.COc1ccc2cc3c(nc2c1)O[C@H]1CN(C(=O)[C@H](C(C)(C)C)NC(=O)O[C@]2(C)CCC[C@H]2CCCCC3(F)F)[C@H]([C-]=O)[C@@H]1C.[HH].[HH].[HH].[V].[V].[V]. The van der Waals surface area contributed by atoms with Crippen molar-refractivity contribution in [3.63, 3.8) is 0 Å². The average molecular weight is 2070 g/mol. The summed E-state index contributed by atoms with van der Waals surface area (Å²) in [4.78, 5) is 137. The van der Waals surface area contributed by atoms with Gasteiger partial charge in [-0.05, 0) is 223 Å². The van der Waals surface area contributed by atoms with Gasteiger partial charge in [-0.1, -0.05) is 127 Å². The molecule has 769 valence electrons. The predicted octanol–water partition coefficient (Wildman–Crippen LogP) is 19.9. The van der Waals surface area contributed by atoms with E-state index in [2.05, 4.69) is 30.9 Å². The van der Waals surface area contributed by atoms with Crippen LogP contribution < -0.4 is 44.4 Å². The molecule has 6 aliphatic heterocycles. The zero-order valence-electron chi connectivity index (χ0n) is 83.4. The van der Waals surface area contributed by atoms with E-state index in [0.717, 1.165) is 32.1 Å². The maximum Gasteiger partial charge on any atom is 0.408 e. The number of fused-ring (bicyclic) bond motifs is 17. The number of nitrogens with zero attached hydrogens (tertiary/aromatic N) is 6. The first kappa shape index (κ1) is 112. The van der Waals surface area contributed by atoms with Crippen LogP contribution in [0.4, 0.5) is 40.7 Å². The summed E-state index contributed by atoms with van der Waals surface area (Å²) in [6, 6.07) is 13.2. The van der Waals surface area contributed by atoms with Crippen molar-refractivity contribution in [2.75, 3.05) is 41.0 Å². The number of ether oxygens (including phenoxy) is 9. The van der Waals surface area contributed by atoms with Gasteiger partial charge in [-0.3, -0.25) is 14.4 Å². The van der Waals surface area contributed by atoms with E-state index in [1.165, 1.54) is 54.2 Å². The van der Waals surface area contributed by atoms with Crippen LogP contribution in [0.2, 0.25) is 0 Å². The smallest absolute Gasteiger partial charge is 0.408 e. The van der Waals surface area contributed by atoms with E-state index >= 15 is 26.3 Å². The molecule has 16 rings (SSSR count). The summed E-state index contributed by atoms with van der Waals surface area (Å²) in [6.45, 7) is 27.2. The van der Waals surface area contributed by atoms with Crippen molar-refractivity contribution in [2.24, 2.45) is 63.6 Å². The summed E-state index contributed by atoms with van der Waals surface area (Å²) in [6.07, 6.45) is 11.2. The van der Waals surface area contributed by atoms with Crippen LogP contribution in [0.15, 0.2) is 72.8 Å². The fourth-order valence-electron chi connectivity index (χ4n) is 22.6. The number of carbonyl (C=O) groups is 6. The zero-order chi connectivity index (χ0) is 99.4. The molecule has 27 nitrogen and oxygen atoms in total. The molecular weight excluding hydrogens is 1930 g/mol. The van der Waals surface area contributed by atoms with Crippen LogP contribution in [0.25, 0.3) is 32.7 Å². The minimum Gasteiger partial charge on any atom is -0.540 e. The van der Waals surface area contributed by atoms with Gasteiger partial charge in [-0.25, -0.2) is 74.5 Å². The Labute approximate surface area is 856 Å². The van der Waals surface area contributed by atoms with Gasteiger partial charge in [0.15, 0.2) is 0 Å². The number of rotatable bonds is 7. The normalized spacial score (nSPS) is 31.5. The number of pyridine rings is 3. The Kier molecular flexibility index (Phi) is 35.1. The summed E-state index contributed by atoms with van der Waals surface area (Å²) in [7, 11) is 4.54. The summed E-state index contributed by atoms with van der Waals surface area (Å²) in [5, 5.41) is 10.00. The predicted molar refractivity (Wildman–Crippen MR) is 505 cm³/mol. The second-order valence-electron chi connectivity index (χ2n) is 43.6. The third kappa shape index (κ3) is 23.9. The van der Waals surface area contributed by atoms with Crippen LogP contribution >= 0.6 is 0 Å². The molecule has 7 fully saturated rings. The van der Waals surface area contributed by atoms with Crippen LogP contribution in [-0.2, 0) is 116 Å². The van der Waals surface area contributed by atoms with E-state index < -0.39 is 178 Å². The van der Waals surface area contributed by atoms with Gasteiger partial charge in [0.05, 0.1) is 74.2 Å². The van der Waals surface area contributed by atoms with Crippen molar-refractivity contribution in [1.29, 1.82) is 0 Å². The van der Waals surface area contributed by atoms with Crippen LogP contribution in [0.3, 0.4) is 0 Å². The number of methoxy groups -OCH3 is 3. The van der Waals surface area contributed by atoms with E-state index in [9.17, 15) is 43.2 Å². The fraction of sp³-hybridized carbons (Fsp3) is 0.654. The molecule has 3 N–H and O–H groups in total. The van der Waals surface area contributed by atoms with Gasteiger partial charge in [0.2, 0.25) is 35.4 Å². The van der Waals surface area contributed by atoms with E-state index in [1.807, 2.05) is 109 Å². The van der Waals surface area contributed by atoms with Gasteiger partial charge in [-0.2, -0.15) is 0 Å². The van der Waals surface area contributed by atoms with Crippen molar-refractivity contribution in [3.05, 3.63) is 89.5 Å². The van der Waals surface area contributed by atoms with Crippen LogP contribution in [0, 0.1) is 63.6 Å². The maximum atomic E-state index is 16.2. The largest absolute Gasteiger partial charge is 0.540 e. The summed E-state index contributed by atoms with van der Waals surface area (Å²) in [5.41, 5.74) is -4.26. The number of nitrogens with one attached hydrogen (secondary N) is 3. The monoisotopic (exact) mass is 2070 g/mol. The molecule has 0 spiro atoms. The Bertz CT molecular complexity index is 5520. The molecule has 3 radical (unpaired) electrons. The second kappa shape index (κ2) is 44.1. The van der Waals surface area contributed by atoms with Crippen molar-refractivity contribution in [1.82, 2.24) is 45.6 Å². The number of alkyl carbamates (subject to hydrolysis) is 3. The number of halogens is 6. The first-order chi connectivity index (χ1) is 64.5. The molecule has 20 atom stereocenters. The van der Waals surface area contributed by atoms with Crippen LogP contribution in [0.5, 0.6) is 34.9 Å². The number of hydrogen-bond acceptors (Lipinski definition) is 21. The van der Waals surface area contributed by atoms with E-state index in [1.54, 1.807) is 68.4 Å². The Morgan fingerprint density at radius 2 is 0.750 bits per heavy atom. The fourth-order valence-corrected chi connectivity index (χ4v) is 22.6. The van der Waals surface area contributed by atoms with Crippen molar-refractivity contribution in [2.45, 2.75) is 328 Å². The van der Waals surface area contributed by atoms with Crippen LogP contribution in [-0.4, -0.2) is 197 Å². The molecular formula is C104H140F6N9O18V3-3. The molecule has 9 heterocycles. The quantitative estimate of drug-likeness (QED) is 0.0759. The molecule has 4 aliphatic carbocycles. The summed E-state index contributed by atoms with van der Waals surface area (Å²) in [5.74, 6) is -11.2. The minimum absolute atomic E-state index is 0. The first-order valence-corrected chi connectivity index (χ1v) is 48.7. The molecule has 10 aliphatic rings. The number of hydrogen-bond donors (Lipinski definition) is 3. The molecule has 36 heteroatoms. The van der Waals surface area contributed by atoms with Crippen LogP contribution in [0.1, 0.15) is 260 Å². The second-order valence-corrected chi connectivity index (χ2v) is 43.6. The van der Waals surface area contributed by atoms with Crippen molar-refractivity contribution in [3.8, 4) is 34.9 Å². The Balaban J connectivity index is 0.000000257. The van der Waals surface area contributed by atoms with Crippen molar-refractivity contribution < 1.29 is 172 Å². The molecule has 6 aromatic rings. The van der Waals surface area contributed by atoms with E-state index in [-0.39, 0.29) is 151 Å². The topological polar surface area (TPSA) is 321 Å². The molecule has 140 heavy (non-hydrogen) atoms. The van der Waals surface area contributed by atoms with E-state index in [0.29, 0.717) is 126 Å². The minimum atomic E-state index is -3.26. The number of aromatic nitrogens is 3. The third-order valence-electron chi connectivity index (χ3n) is 30.9. The number of benzene rings is 3. The third-order valence-corrected chi connectivity index (χ3v) is 30.9. The number of alkyl halides is 6. The van der Waals surface area contributed by atoms with Gasteiger partial charge in [0.1, 0.15) is 70.5 Å². The Morgan fingerprint density at radius 1 is 0.436 bits per heavy atom. The van der Waals surface area contributed by atoms with E-state index in [4.69, 9.17) is 42.6 Å². The van der Waals surface area contributed by atoms with Gasteiger partial charge >= 0.3 is 18.3 Å². The first-order valence-electron chi connectivity index (χ1n) is 48.7. The molecule has 2 unspecified atom stereocenters. The van der Waals surface area contributed by atoms with Gasteiger partial charge < -0.3 is 87.7 Å². The molecule has 6 bridgehead atoms. The number of amides is 6. The standard InChI is InChI=1S/C35H44F2N3O6.C35H46F2N3O6.C34H44F2N3O6.3V.3H2/c1-19-27(18-41)40-17-28(19)45-30-25(14-20-10-11-22(44-6)15-26(20)38-30)35(36,37)12-8-7-9-24-23-13-21(23)16-34(24,5)46-32(43)39-29(31(40)42)33(2,3)4;1-7-24-27(20-41)40-19-28(24)45-30-25(17-21-13-14-23(44-6)18-26(21)38-30)35(36,37)16-9-8-11-22-12-10-15-34(22,5)46-32(43)39-29(31(40)42)33(2,3)4;1-20-26(19-40)39-18-27(20)44-29-24(16-21-12-13-23(43-6)17-25(21)37-29)34(35,36)15-8-7-10-22-11-9-14-33(22,5)45-31(42)38-28(30(39)41)32(2,3)4;;;;;;/h10-11,14-15,19,21,23-24,27-29H,7-9,12-13,16-17H2,1-6H3,(H,39,43);13-14,17-18,22,24,27-29H,7-12,15-16,19H2,1-6H3,(H,39,43);12-13,16-17,20,22,26-28H,7-11,14-15,18H2,1-6H3,(H,38,42);;;;3*1H/q3*-1;;;;;;/t19-,21?,23?,24+,27+,28-,29+,34+;22-,24+,27-,28+,29-,34-;20-,22+,26+,27-,28+,33+;;;;;;/m010....../s1. The van der Waals surface area contributed by atoms with Crippen molar-refractivity contribution >= 4 is 87.6 Å². The molecule has 4 saturated carbocycles. The van der Waals surface area contributed by atoms with Gasteiger partial charge in [0.25, 0.3) is 17.8 Å². The number of carbonyl (C=O) groups excluding carboxylic acids is 9. The molecule has 6 amide bonds. The Hall–Kier alpha value is -8.75. The summed E-state index contributed by atoms with van der Waals surface area (Å²) < 4.78 is 150. The molecule has 3 aromatic heterocycles. The molecule has 3 saturated heterocycles. The van der Waals surface area contributed by atoms with Gasteiger partial charge in [0, 0.05) is 119 Å². The summed E-state index contributed by atoms with van der Waals surface area (Å²) >= 11 is 0. The Morgan fingerprint density at radius 3 is 1.08 bits per heavy atom. The average Bonchev–Trinajstić information content (AvgIpc) is 1.57.